The van der Waals surface area contributed by atoms with Gasteiger partial charge in [-0.25, -0.2) is 0 Å². The fraction of sp³-hybridized carbons (Fsp3) is 0.500. The molecule has 0 aliphatic carbocycles. The van der Waals surface area contributed by atoms with E-state index in [-0.39, 0.29) is 11.8 Å². The van der Waals surface area contributed by atoms with Gasteiger partial charge in [-0.05, 0) is 11.8 Å². The molecule has 0 fully saturated rings. The first kappa shape index (κ1) is 14.5. The molecule has 2 rings (SSSR count). The van der Waals surface area contributed by atoms with Crippen LogP contribution in [0.2, 0.25) is 0 Å². The van der Waals surface area contributed by atoms with Crippen molar-refractivity contribution >= 4 is 7.32 Å². The predicted octanol–water partition coefficient (Wildman–Crippen LogP) is 1.81. The molecule has 20 heavy (non-hydrogen) atoms. The van der Waals surface area contributed by atoms with Crippen molar-refractivity contribution in [3.8, 4) is 11.6 Å². The summed E-state index contributed by atoms with van der Waals surface area (Å²) in [6, 6.07) is 1.73. The quantitative estimate of drug-likeness (QED) is 0.700. The lowest BCUT2D eigenvalue weighted by Gasteiger charge is -2.10. The van der Waals surface area contributed by atoms with E-state index in [9.17, 15) is 5.02 Å². The molecule has 0 aromatic carbocycles. The number of hydrogen-bond donors (Lipinski definition) is 3. The van der Waals surface area contributed by atoms with Gasteiger partial charge in [0.05, 0.1) is 11.9 Å². The monoisotopic (exact) mass is 278 g/mol. The molecule has 2 aromatic heterocycles. The van der Waals surface area contributed by atoms with E-state index >= 15 is 0 Å². The molecule has 0 aliphatic heterocycles. The van der Waals surface area contributed by atoms with Crippen molar-refractivity contribution in [3.63, 3.8) is 0 Å². The van der Waals surface area contributed by atoms with Crippen LogP contribution in [0.15, 0.2) is 12.3 Å². The van der Waals surface area contributed by atoms with Crippen molar-refractivity contribution in [1.82, 2.24) is 20.4 Å². The minimum atomic E-state index is -1.44. The summed E-state index contributed by atoms with van der Waals surface area (Å²) in [6.45, 7) is 8.06. The van der Waals surface area contributed by atoms with Crippen LogP contribution in [0.25, 0.3) is 0 Å². The van der Waals surface area contributed by atoms with Gasteiger partial charge in [0.1, 0.15) is 5.75 Å². The van der Waals surface area contributed by atoms with Gasteiger partial charge in [-0.15, -0.1) is 5.10 Å². The van der Waals surface area contributed by atoms with Gasteiger partial charge in [0.15, 0.2) is 0 Å². The molecule has 0 aliphatic rings. The zero-order valence-corrected chi connectivity index (χ0v) is 12.0. The Morgan fingerprint density at radius 3 is 2.50 bits per heavy atom. The third kappa shape index (κ3) is 3.33. The second-order valence-corrected chi connectivity index (χ2v) is 5.16. The Morgan fingerprint density at radius 2 is 1.90 bits per heavy atom. The minimum Gasteiger partial charge on any atom is -0.498 e. The fourth-order valence-electron chi connectivity index (χ4n) is 1.70. The molecule has 0 bridgehead atoms. The highest BCUT2D eigenvalue weighted by Crippen LogP contribution is 2.24. The van der Waals surface area contributed by atoms with Crippen molar-refractivity contribution in [2.24, 2.45) is 0 Å². The van der Waals surface area contributed by atoms with E-state index < -0.39 is 7.32 Å². The van der Waals surface area contributed by atoms with Crippen molar-refractivity contribution in [2.75, 3.05) is 0 Å². The Kier molecular flexibility index (Phi) is 4.34. The van der Waals surface area contributed by atoms with Gasteiger partial charge in [-0.2, -0.15) is 5.10 Å². The number of H-pyrrole nitrogens is 2. The van der Waals surface area contributed by atoms with E-state index in [1.54, 1.807) is 6.07 Å². The van der Waals surface area contributed by atoms with Crippen LogP contribution in [0.4, 0.5) is 0 Å². The molecule has 0 atom stereocenters. The van der Waals surface area contributed by atoms with Gasteiger partial charge in [-0.3, -0.25) is 10.2 Å². The zero-order chi connectivity index (χ0) is 14.7. The molecule has 108 valence electrons. The highest BCUT2D eigenvalue weighted by Gasteiger charge is 2.25. The maximum absolute atomic E-state index is 9.79. The molecule has 2 heterocycles. The molecule has 0 saturated heterocycles. The van der Waals surface area contributed by atoms with E-state index in [0.717, 1.165) is 11.4 Å². The summed E-state index contributed by atoms with van der Waals surface area (Å²) in [4.78, 5) is 0. The summed E-state index contributed by atoms with van der Waals surface area (Å²) < 4.78 is 10.5. The molecule has 0 radical (unpaired) electrons. The zero-order valence-electron chi connectivity index (χ0n) is 12.0. The fourth-order valence-corrected chi connectivity index (χ4v) is 1.70. The Bertz CT molecular complexity index is 552. The molecular formula is C12H19BN4O3. The summed E-state index contributed by atoms with van der Waals surface area (Å²) in [5.74, 6) is 1.26. The number of aromatic amines is 2. The van der Waals surface area contributed by atoms with Crippen molar-refractivity contribution < 1.29 is 14.3 Å². The van der Waals surface area contributed by atoms with Gasteiger partial charge < -0.3 is 14.3 Å². The number of aromatic nitrogens is 4. The first-order valence-electron chi connectivity index (χ1n) is 6.57. The molecule has 0 unspecified atom stereocenters. The molecule has 7 nitrogen and oxygen atoms in total. The average molecular weight is 278 g/mol. The van der Waals surface area contributed by atoms with E-state index in [0.29, 0.717) is 11.7 Å². The molecular weight excluding hydrogens is 259 g/mol. The average Bonchev–Trinajstić information content (AvgIpc) is 2.97. The van der Waals surface area contributed by atoms with Crippen molar-refractivity contribution in [3.05, 3.63) is 23.7 Å². The molecule has 0 amide bonds. The van der Waals surface area contributed by atoms with Crippen LogP contribution < -0.4 is 9.31 Å². The first-order chi connectivity index (χ1) is 9.47. The topological polar surface area (TPSA) is 96.1 Å². The van der Waals surface area contributed by atoms with Gasteiger partial charge in [0, 0.05) is 11.8 Å². The van der Waals surface area contributed by atoms with Crippen LogP contribution >= 0.6 is 0 Å². The Hall–Kier alpha value is -1.96. The minimum absolute atomic E-state index is 0.206. The molecule has 2 aromatic rings. The van der Waals surface area contributed by atoms with Crippen LogP contribution in [-0.2, 0) is 0 Å². The molecule has 0 spiro atoms. The van der Waals surface area contributed by atoms with Crippen LogP contribution in [0.5, 0.6) is 11.6 Å². The van der Waals surface area contributed by atoms with E-state index in [1.165, 1.54) is 6.20 Å². The summed E-state index contributed by atoms with van der Waals surface area (Å²) in [5.41, 5.74) is 1.73. The normalized spacial score (nSPS) is 11.2. The van der Waals surface area contributed by atoms with Gasteiger partial charge in [0.25, 0.3) is 0 Å². The summed E-state index contributed by atoms with van der Waals surface area (Å²) >= 11 is 0. The van der Waals surface area contributed by atoms with Gasteiger partial charge in [-0.1, -0.05) is 27.7 Å². The maximum atomic E-state index is 9.79. The molecule has 3 N–H and O–H groups in total. The number of nitrogens with zero attached hydrogens (tertiary/aromatic N) is 2. The highest BCUT2D eigenvalue weighted by molar-refractivity contribution is 6.36. The van der Waals surface area contributed by atoms with Crippen molar-refractivity contribution in [1.29, 1.82) is 0 Å². The SMILES string of the molecule is CC(C)c1cc(OB(O)Oc2cn[nH]c2C(C)C)n[nH]1. The Morgan fingerprint density at radius 1 is 1.15 bits per heavy atom. The second kappa shape index (κ2) is 6.00. The summed E-state index contributed by atoms with van der Waals surface area (Å²) in [5, 5.41) is 23.3. The predicted molar refractivity (Wildman–Crippen MR) is 74.6 cm³/mol. The van der Waals surface area contributed by atoms with Crippen LogP contribution in [0, 0.1) is 0 Å². The van der Waals surface area contributed by atoms with Gasteiger partial charge in [0.2, 0.25) is 5.88 Å². The first-order valence-corrected chi connectivity index (χ1v) is 6.57. The maximum Gasteiger partial charge on any atom is 0.786 e. The lowest BCUT2D eigenvalue weighted by molar-refractivity contribution is 0.291. The second-order valence-electron chi connectivity index (χ2n) is 5.16. The lowest BCUT2D eigenvalue weighted by Crippen LogP contribution is -2.30. The summed E-state index contributed by atoms with van der Waals surface area (Å²) in [7, 11) is -1.44. The summed E-state index contributed by atoms with van der Waals surface area (Å²) in [6.07, 6.45) is 1.51. The van der Waals surface area contributed by atoms with Crippen molar-refractivity contribution in [2.45, 2.75) is 39.5 Å². The Balaban J connectivity index is 1.97. The molecule has 8 heteroatoms. The van der Waals surface area contributed by atoms with E-state index in [4.69, 9.17) is 9.31 Å². The Labute approximate surface area is 117 Å². The highest BCUT2D eigenvalue weighted by atomic mass is 16.7. The smallest absolute Gasteiger partial charge is 0.498 e. The number of hydrogen-bond acceptors (Lipinski definition) is 5. The van der Waals surface area contributed by atoms with Gasteiger partial charge >= 0.3 is 7.32 Å². The largest absolute Gasteiger partial charge is 0.786 e. The van der Waals surface area contributed by atoms with E-state index in [2.05, 4.69) is 20.4 Å². The third-order valence-corrected chi connectivity index (χ3v) is 2.86. The lowest BCUT2D eigenvalue weighted by atomic mass is 10.1. The van der Waals surface area contributed by atoms with E-state index in [1.807, 2.05) is 27.7 Å². The van der Waals surface area contributed by atoms with Crippen LogP contribution in [0.1, 0.15) is 50.9 Å². The van der Waals surface area contributed by atoms with Crippen LogP contribution in [0.3, 0.4) is 0 Å². The number of nitrogens with one attached hydrogen (secondary N) is 2. The number of rotatable bonds is 6. The molecule has 0 saturated carbocycles. The standard InChI is InChI=1S/C12H19BN4O3/c1-7(2)9-5-11(16-15-9)20-13(18)19-10-6-14-17-12(10)8(3)4/h5-8,18H,1-4H3,(H,14,17)(H,15,16). The van der Waals surface area contributed by atoms with Crippen LogP contribution in [-0.4, -0.2) is 32.7 Å². The third-order valence-electron chi connectivity index (χ3n) is 2.86.